The van der Waals surface area contributed by atoms with Gasteiger partial charge in [-0.15, -0.1) is 0 Å². The Balaban J connectivity index is 1.91. The second-order valence-corrected chi connectivity index (χ2v) is 5.05. The van der Waals surface area contributed by atoms with Crippen LogP contribution < -0.4 is 5.32 Å². The number of aromatic nitrogens is 4. The van der Waals surface area contributed by atoms with Crippen molar-refractivity contribution in [2.75, 3.05) is 6.54 Å². The van der Waals surface area contributed by atoms with Crippen LogP contribution in [-0.4, -0.2) is 32.3 Å². The van der Waals surface area contributed by atoms with Gasteiger partial charge in [-0.05, 0) is 43.5 Å². The van der Waals surface area contributed by atoms with Gasteiger partial charge in [-0.2, -0.15) is 5.10 Å². The predicted octanol–water partition coefficient (Wildman–Crippen LogP) is 1.75. The van der Waals surface area contributed by atoms with E-state index in [0.717, 1.165) is 38.1 Å². The smallest absolute Gasteiger partial charge is 0.138 e. The fraction of sp³-hybridized carbons (Fsp3) is 0.533. The third-order valence-electron chi connectivity index (χ3n) is 3.45. The van der Waals surface area contributed by atoms with E-state index in [0.29, 0.717) is 6.04 Å². The van der Waals surface area contributed by atoms with Gasteiger partial charge in [-0.3, -0.25) is 9.67 Å². The summed E-state index contributed by atoms with van der Waals surface area (Å²) in [6.07, 6.45) is 9.54. The Bertz CT molecular complexity index is 494. The highest BCUT2D eigenvalue weighted by molar-refractivity contribution is 5.10. The number of rotatable bonds is 8. The highest BCUT2D eigenvalue weighted by Gasteiger charge is 2.12. The van der Waals surface area contributed by atoms with Crippen LogP contribution in [0.4, 0.5) is 0 Å². The second-order valence-electron chi connectivity index (χ2n) is 5.05. The lowest BCUT2D eigenvalue weighted by molar-refractivity contribution is 0.461. The monoisotopic (exact) mass is 273 g/mol. The summed E-state index contributed by atoms with van der Waals surface area (Å²) in [5.74, 6) is 1.04. The molecule has 0 fully saturated rings. The number of pyridine rings is 1. The minimum absolute atomic E-state index is 0.436. The summed E-state index contributed by atoms with van der Waals surface area (Å²) >= 11 is 0. The lowest BCUT2D eigenvalue weighted by Gasteiger charge is -2.18. The number of aryl methyl sites for hydroxylation is 2. The molecule has 0 amide bonds. The average molecular weight is 273 g/mol. The molecule has 0 bridgehead atoms. The van der Waals surface area contributed by atoms with Gasteiger partial charge in [0.1, 0.15) is 12.2 Å². The Hall–Kier alpha value is -1.75. The topological polar surface area (TPSA) is 55.6 Å². The van der Waals surface area contributed by atoms with Crippen LogP contribution in [0.3, 0.4) is 0 Å². The number of hydrogen-bond acceptors (Lipinski definition) is 4. The zero-order chi connectivity index (χ0) is 14.2. The van der Waals surface area contributed by atoms with Crippen molar-refractivity contribution in [1.29, 1.82) is 0 Å². The maximum absolute atomic E-state index is 4.32. The van der Waals surface area contributed by atoms with Gasteiger partial charge in [0.25, 0.3) is 0 Å². The maximum atomic E-state index is 4.32. The maximum Gasteiger partial charge on any atom is 0.138 e. The van der Waals surface area contributed by atoms with Crippen LogP contribution in [0.5, 0.6) is 0 Å². The SMILES string of the molecule is CCCNC(CCc1ccncc1)Cc1ncnn1C. The molecule has 2 aromatic heterocycles. The molecule has 2 rings (SSSR count). The van der Waals surface area contributed by atoms with E-state index in [-0.39, 0.29) is 0 Å². The highest BCUT2D eigenvalue weighted by Crippen LogP contribution is 2.08. The van der Waals surface area contributed by atoms with Gasteiger partial charge in [-0.1, -0.05) is 6.92 Å². The predicted molar refractivity (Wildman–Crippen MR) is 79.3 cm³/mol. The van der Waals surface area contributed by atoms with Crippen LogP contribution in [0.2, 0.25) is 0 Å². The van der Waals surface area contributed by atoms with Crippen molar-refractivity contribution < 1.29 is 0 Å². The molecule has 0 radical (unpaired) electrons. The first-order chi connectivity index (χ1) is 9.79. The molecule has 2 heterocycles. The van der Waals surface area contributed by atoms with E-state index in [1.807, 2.05) is 24.1 Å². The molecule has 2 aromatic rings. The summed E-state index contributed by atoms with van der Waals surface area (Å²) in [6.45, 7) is 3.23. The minimum Gasteiger partial charge on any atom is -0.314 e. The first-order valence-corrected chi connectivity index (χ1v) is 7.24. The van der Waals surface area contributed by atoms with E-state index < -0.39 is 0 Å². The molecule has 108 valence electrons. The van der Waals surface area contributed by atoms with E-state index in [9.17, 15) is 0 Å². The van der Waals surface area contributed by atoms with Crippen LogP contribution in [0.25, 0.3) is 0 Å². The Morgan fingerprint density at radius 3 is 2.75 bits per heavy atom. The first kappa shape index (κ1) is 14.7. The first-order valence-electron chi connectivity index (χ1n) is 7.24. The van der Waals surface area contributed by atoms with E-state index in [1.165, 1.54) is 5.56 Å². The molecule has 0 spiro atoms. The molecular weight excluding hydrogens is 250 g/mol. The molecule has 0 aliphatic carbocycles. The molecule has 0 saturated heterocycles. The highest BCUT2D eigenvalue weighted by atomic mass is 15.3. The fourth-order valence-electron chi connectivity index (χ4n) is 2.24. The normalized spacial score (nSPS) is 12.5. The van der Waals surface area contributed by atoms with Crippen molar-refractivity contribution in [3.8, 4) is 0 Å². The molecule has 0 aliphatic heterocycles. The van der Waals surface area contributed by atoms with Crippen molar-refractivity contribution in [2.24, 2.45) is 7.05 Å². The molecule has 1 unspecified atom stereocenters. The van der Waals surface area contributed by atoms with Gasteiger partial charge in [0.05, 0.1) is 0 Å². The summed E-state index contributed by atoms with van der Waals surface area (Å²) in [4.78, 5) is 8.38. The number of nitrogens with zero attached hydrogens (tertiary/aromatic N) is 4. The van der Waals surface area contributed by atoms with Crippen LogP contribution in [-0.2, 0) is 19.9 Å². The standard InChI is InChI=1S/C15H23N5/c1-3-8-17-14(11-15-18-12-19-20(15)2)5-4-13-6-9-16-10-7-13/h6-7,9-10,12,14,17H,3-5,8,11H2,1-2H3. The Kier molecular flexibility index (Phi) is 5.68. The molecule has 5 nitrogen and oxygen atoms in total. The van der Waals surface area contributed by atoms with Gasteiger partial charge in [0, 0.05) is 31.9 Å². The summed E-state index contributed by atoms with van der Waals surface area (Å²) in [5, 5.41) is 7.75. The summed E-state index contributed by atoms with van der Waals surface area (Å²) in [7, 11) is 1.95. The summed E-state index contributed by atoms with van der Waals surface area (Å²) < 4.78 is 1.85. The number of hydrogen-bond donors (Lipinski definition) is 1. The molecule has 20 heavy (non-hydrogen) atoms. The minimum atomic E-state index is 0.436. The van der Waals surface area contributed by atoms with Crippen LogP contribution in [0.15, 0.2) is 30.9 Å². The van der Waals surface area contributed by atoms with Gasteiger partial charge in [-0.25, -0.2) is 4.98 Å². The van der Waals surface area contributed by atoms with Gasteiger partial charge < -0.3 is 5.32 Å². The van der Waals surface area contributed by atoms with Crippen molar-refractivity contribution in [2.45, 2.75) is 38.6 Å². The van der Waals surface area contributed by atoms with E-state index in [4.69, 9.17) is 0 Å². The zero-order valence-corrected chi connectivity index (χ0v) is 12.3. The van der Waals surface area contributed by atoms with E-state index in [2.05, 4.69) is 39.4 Å². The third-order valence-corrected chi connectivity index (χ3v) is 3.45. The molecule has 0 aromatic carbocycles. The van der Waals surface area contributed by atoms with Crippen molar-refractivity contribution in [3.05, 3.63) is 42.2 Å². The molecule has 1 atom stereocenters. The molecule has 5 heteroatoms. The van der Waals surface area contributed by atoms with Crippen molar-refractivity contribution in [3.63, 3.8) is 0 Å². The van der Waals surface area contributed by atoms with Crippen LogP contribution >= 0.6 is 0 Å². The summed E-state index contributed by atoms with van der Waals surface area (Å²) in [6, 6.07) is 4.60. The molecule has 0 saturated carbocycles. The third kappa shape index (κ3) is 4.42. The molecule has 0 aliphatic rings. The largest absolute Gasteiger partial charge is 0.314 e. The van der Waals surface area contributed by atoms with Crippen molar-refractivity contribution in [1.82, 2.24) is 25.1 Å². The number of nitrogens with one attached hydrogen (secondary N) is 1. The van der Waals surface area contributed by atoms with E-state index >= 15 is 0 Å². The lowest BCUT2D eigenvalue weighted by atomic mass is 10.0. The van der Waals surface area contributed by atoms with Crippen molar-refractivity contribution >= 4 is 0 Å². The van der Waals surface area contributed by atoms with Crippen LogP contribution in [0.1, 0.15) is 31.2 Å². The average Bonchev–Trinajstić information content (AvgIpc) is 2.88. The van der Waals surface area contributed by atoms with Gasteiger partial charge >= 0.3 is 0 Å². The summed E-state index contributed by atoms with van der Waals surface area (Å²) in [5.41, 5.74) is 1.33. The Labute approximate surface area is 120 Å². The molecule has 1 N–H and O–H groups in total. The van der Waals surface area contributed by atoms with E-state index in [1.54, 1.807) is 6.33 Å². The zero-order valence-electron chi connectivity index (χ0n) is 12.3. The molecular formula is C15H23N5. The van der Waals surface area contributed by atoms with Gasteiger partial charge in [0.15, 0.2) is 0 Å². The second kappa shape index (κ2) is 7.75. The quantitative estimate of drug-likeness (QED) is 0.796. The Morgan fingerprint density at radius 2 is 2.10 bits per heavy atom. The fourth-order valence-corrected chi connectivity index (χ4v) is 2.24. The lowest BCUT2D eigenvalue weighted by Crippen LogP contribution is -2.33. The Morgan fingerprint density at radius 1 is 1.30 bits per heavy atom. The van der Waals surface area contributed by atoms with Gasteiger partial charge in [0.2, 0.25) is 0 Å². The van der Waals surface area contributed by atoms with Crippen LogP contribution in [0, 0.1) is 0 Å².